The Kier molecular flexibility index (Phi) is 4.61. The van der Waals surface area contributed by atoms with Gasteiger partial charge in [-0.05, 0) is 55.0 Å². The zero-order valence-corrected chi connectivity index (χ0v) is 12.9. The van der Waals surface area contributed by atoms with Crippen LogP contribution in [0.3, 0.4) is 0 Å². The zero-order chi connectivity index (χ0) is 14.7. The molecule has 2 aromatic carbocycles. The topological polar surface area (TPSA) is 20.2 Å². The van der Waals surface area contributed by atoms with Crippen LogP contribution in [0.5, 0.6) is 0 Å². The van der Waals surface area contributed by atoms with Gasteiger partial charge in [-0.25, -0.2) is 0 Å². The molecule has 0 radical (unpaired) electrons. The molecule has 0 spiro atoms. The molecule has 0 bridgehead atoms. The Morgan fingerprint density at radius 1 is 0.900 bits per heavy atom. The third-order valence-corrected chi connectivity index (χ3v) is 4.25. The lowest BCUT2D eigenvalue weighted by Crippen LogP contribution is -2.12. The highest BCUT2D eigenvalue weighted by Crippen LogP contribution is 2.35. The van der Waals surface area contributed by atoms with E-state index in [1.54, 1.807) is 0 Å². The fourth-order valence-electron chi connectivity index (χ4n) is 2.86. The predicted molar refractivity (Wildman–Crippen MR) is 85.1 cm³/mol. The maximum Gasteiger partial charge on any atom is 0.0861 e. The van der Waals surface area contributed by atoms with Crippen molar-refractivity contribution in [3.63, 3.8) is 0 Å². The van der Waals surface area contributed by atoms with Gasteiger partial charge in [0, 0.05) is 5.92 Å². The van der Waals surface area contributed by atoms with Gasteiger partial charge in [0.25, 0.3) is 0 Å². The van der Waals surface area contributed by atoms with Gasteiger partial charge in [-0.2, -0.15) is 0 Å². The van der Waals surface area contributed by atoms with Crippen LogP contribution in [0.1, 0.15) is 53.2 Å². The molecule has 106 valence electrons. The van der Waals surface area contributed by atoms with Crippen molar-refractivity contribution in [2.75, 3.05) is 0 Å². The zero-order valence-electron chi connectivity index (χ0n) is 12.9. The Labute approximate surface area is 122 Å². The summed E-state index contributed by atoms with van der Waals surface area (Å²) in [6.07, 6.45) is 0.485. The highest BCUT2D eigenvalue weighted by Gasteiger charge is 2.22. The molecule has 0 saturated heterocycles. The highest BCUT2D eigenvalue weighted by molar-refractivity contribution is 5.39. The van der Waals surface area contributed by atoms with Gasteiger partial charge in [-0.15, -0.1) is 0 Å². The Morgan fingerprint density at radius 3 is 2.10 bits per heavy atom. The van der Waals surface area contributed by atoms with Crippen LogP contribution < -0.4 is 0 Å². The van der Waals surface area contributed by atoms with Crippen molar-refractivity contribution in [3.05, 3.63) is 70.3 Å². The molecular formula is C19H24O. The van der Waals surface area contributed by atoms with Crippen LogP contribution in [0.2, 0.25) is 0 Å². The van der Waals surface area contributed by atoms with Crippen molar-refractivity contribution in [1.82, 2.24) is 0 Å². The fraction of sp³-hybridized carbons (Fsp3) is 0.368. The van der Waals surface area contributed by atoms with Gasteiger partial charge in [-0.3, -0.25) is 0 Å². The number of rotatable bonds is 4. The minimum Gasteiger partial charge on any atom is -0.388 e. The Balaban J connectivity index is 2.39. The van der Waals surface area contributed by atoms with Gasteiger partial charge in [0.15, 0.2) is 0 Å². The van der Waals surface area contributed by atoms with Crippen molar-refractivity contribution in [2.45, 2.75) is 46.1 Å². The van der Waals surface area contributed by atoms with Crippen LogP contribution in [-0.2, 0) is 0 Å². The number of hydrogen-bond donors (Lipinski definition) is 1. The van der Waals surface area contributed by atoms with E-state index in [-0.39, 0.29) is 5.92 Å². The molecule has 0 aliphatic carbocycles. The second kappa shape index (κ2) is 6.23. The third-order valence-electron chi connectivity index (χ3n) is 4.25. The van der Waals surface area contributed by atoms with Gasteiger partial charge >= 0.3 is 0 Å². The van der Waals surface area contributed by atoms with Gasteiger partial charge in [0.05, 0.1) is 6.10 Å². The van der Waals surface area contributed by atoms with Crippen molar-refractivity contribution in [1.29, 1.82) is 0 Å². The normalized spacial score (nSPS) is 14.1. The third kappa shape index (κ3) is 2.94. The summed E-state index contributed by atoms with van der Waals surface area (Å²) in [5.74, 6) is 0.150. The van der Waals surface area contributed by atoms with E-state index in [2.05, 4.69) is 52.0 Å². The largest absolute Gasteiger partial charge is 0.388 e. The van der Waals surface area contributed by atoms with Crippen LogP contribution in [0.4, 0.5) is 0 Å². The summed E-state index contributed by atoms with van der Waals surface area (Å²) in [5, 5.41) is 10.8. The Morgan fingerprint density at radius 2 is 1.50 bits per heavy atom. The van der Waals surface area contributed by atoms with Crippen LogP contribution >= 0.6 is 0 Å². The van der Waals surface area contributed by atoms with Gasteiger partial charge < -0.3 is 5.11 Å². The summed E-state index contributed by atoms with van der Waals surface area (Å²) < 4.78 is 0. The number of aliphatic hydroxyl groups excluding tert-OH is 1. The molecule has 1 N–H and O–H groups in total. The fourth-order valence-corrected chi connectivity index (χ4v) is 2.86. The first-order chi connectivity index (χ1) is 9.54. The SMILES string of the molecule is CCC(c1ccccc1)C(O)c1cc(C)c(C)cc1C. The van der Waals surface area contributed by atoms with Crippen molar-refractivity contribution in [3.8, 4) is 0 Å². The second-order valence-electron chi connectivity index (χ2n) is 5.66. The molecular weight excluding hydrogens is 244 g/mol. The predicted octanol–water partition coefficient (Wildman–Crippen LogP) is 4.84. The molecule has 2 aromatic rings. The lowest BCUT2D eigenvalue weighted by atomic mass is 9.84. The minimum atomic E-state index is -0.443. The van der Waals surface area contributed by atoms with E-state index in [0.717, 1.165) is 12.0 Å². The van der Waals surface area contributed by atoms with Gasteiger partial charge in [0.1, 0.15) is 0 Å². The van der Waals surface area contributed by atoms with E-state index in [4.69, 9.17) is 0 Å². The average Bonchev–Trinajstić information content (AvgIpc) is 2.44. The summed E-state index contributed by atoms with van der Waals surface area (Å²) in [6.45, 7) is 8.45. The van der Waals surface area contributed by atoms with Gasteiger partial charge in [0.2, 0.25) is 0 Å². The first kappa shape index (κ1) is 14.8. The summed E-state index contributed by atoms with van der Waals surface area (Å²) >= 11 is 0. The van der Waals surface area contributed by atoms with E-state index in [9.17, 15) is 5.11 Å². The first-order valence-electron chi connectivity index (χ1n) is 7.35. The molecule has 0 aliphatic rings. The molecule has 1 nitrogen and oxygen atoms in total. The lowest BCUT2D eigenvalue weighted by molar-refractivity contribution is 0.142. The molecule has 0 saturated carbocycles. The van der Waals surface area contributed by atoms with Crippen molar-refractivity contribution in [2.24, 2.45) is 0 Å². The number of benzene rings is 2. The van der Waals surface area contributed by atoms with Crippen molar-refractivity contribution >= 4 is 0 Å². The average molecular weight is 268 g/mol. The molecule has 0 aliphatic heterocycles. The molecule has 2 unspecified atom stereocenters. The maximum atomic E-state index is 10.8. The molecule has 20 heavy (non-hydrogen) atoms. The summed E-state index contributed by atoms with van der Waals surface area (Å²) in [7, 11) is 0. The Hall–Kier alpha value is -1.60. The van der Waals surface area contributed by atoms with E-state index in [1.807, 2.05) is 18.2 Å². The van der Waals surface area contributed by atoms with Crippen LogP contribution in [0.15, 0.2) is 42.5 Å². The molecule has 0 amide bonds. The summed E-state index contributed by atoms with van der Waals surface area (Å²) in [5.41, 5.74) is 5.97. The molecule has 0 aromatic heterocycles. The molecule has 0 fully saturated rings. The lowest BCUT2D eigenvalue weighted by Gasteiger charge is -2.24. The van der Waals surface area contributed by atoms with Crippen LogP contribution in [0, 0.1) is 20.8 Å². The monoisotopic (exact) mass is 268 g/mol. The molecule has 2 rings (SSSR count). The van der Waals surface area contributed by atoms with E-state index in [1.165, 1.54) is 22.3 Å². The standard InChI is InChI=1S/C19H24O/c1-5-17(16-9-7-6-8-10-16)19(20)18-12-14(3)13(2)11-15(18)4/h6-12,17,19-20H,5H2,1-4H3. The first-order valence-corrected chi connectivity index (χ1v) is 7.35. The second-order valence-corrected chi connectivity index (χ2v) is 5.66. The van der Waals surface area contributed by atoms with Crippen LogP contribution in [-0.4, -0.2) is 5.11 Å². The van der Waals surface area contributed by atoms with Crippen LogP contribution in [0.25, 0.3) is 0 Å². The summed E-state index contributed by atoms with van der Waals surface area (Å²) in [4.78, 5) is 0. The minimum absolute atomic E-state index is 0.150. The molecule has 0 heterocycles. The van der Waals surface area contributed by atoms with Gasteiger partial charge in [-0.1, -0.05) is 49.4 Å². The number of aryl methyl sites for hydroxylation is 3. The smallest absolute Gasteiger partial charge is 0.0861 e. The molecule has 1 heteroatoms. The van der Waals surface area contributed by atoms with E-state index in [0.29, 0.717) is 0 Å². The van der Waals surface area contributed by atoms with E-state index < -0.39 is 6.10 Å². The highest BCUT2D eigenvalue weighted by atomic mass is 16.3. The molecule has 2 atom stereocenters. The Bertz CT molecular complexity index is 572. The van der Waals surface area contributed by atoms with Crippen molar-refractivity contribution < 1.29 is 5.11 Å². The number of hydrogen-bond acceptors (Lipinski definition) is 1. The maximum absolute atomic E-state index is 10.8. The summed E-state index contributed by atoms with van der Waals surface area (Å²) in [6, 6.07) is 14.6. The van der Waals surface area contributed by atoms with E-state index >= 15 is 0 Å². The quantitative estimate of drug-likeness (QED) is 0.841. The number of aliphatic hydroxyl groups is 1.